The minimum atomic E-state index is -1.02. The predicted octanol–water partition coefficient (Wildman–Crippen LogP) is 0.643. The molecule has 0 aromatic carbocycles. The number of ether oxygens (including phenoxy) is 1. The fourth-order valence-electron chi connectivity index (χ4n) is 1.48. The summed E-state index contributed by atoms with van der Waals surface area (Å²) in [4.78, 5) is 21.8. The summed E-state index contributed by atoms with van der Waals surface area (Å²) in [5.41, 5.74) is 0.712. The van der Waals surface area contributed by atoms with Crippen molar-refractivity contribution < 1.29 is 19.4 Å². The molecule has 1 aliphatic carbocycles. The fourth-order valence-corrected chi connectivity index (χ4v) is 1.48. The first kappa shape index (κ1) is 8.04. The molecule has 0 bridgehead atoms. The Morgan fingerprint density at radius 2 is 2.38 bits per heavy atom. The molecule has 4 heteroatoms. The summed E-state index contributed by atoms with van der Waals surface area (Å²) in [7, 11) is 0. The van der Waals surface area contributed by atoms with E-state index in [2.05, 4.69) is 0 Å². The smallest absolute Gasteiger partial charge is 0.345 e. The van der Waals surface area contributed by atoms with Crippen LogP contribution >= 0.6 is 0 Å². The quantitative estimate of drug-likeness (QED) is 0.643. The van der Waals surface area contributed by atoms with Gasteiger partial charge in [-0.3, -0.25) is 4.79 Å². The summed E-state index contributed by atoms with van der Waals surface area (Å²) in [5, 5.41) is 8.66. The Bertz CT molecular complexity index is 338. The van der Waals surface area contributed by atoms with Gasteiger partial charge >= 0.3 is 5.97 Å². The van der Waals surface area contributed by atoms with Gasteiger partial charge in [0.1, 0.15) is 0 Å². The average molecular weight is 180 g/mol. The number of allylic oxidation sites excluding steroid dienone is 3. The summed E-state index contributed by atoms with van der Waals surface area (Å²) in [5.74, 6) is -0.897. The van der Waals surface area contributed by atoms with Crippen LogP contribution in [0.5, 0.6) is 0 Å². The van der Waals surface area contributed by atoms with Crippen LogP contribution in [0.25, 0.3) is 0 Å². The zero-order valence-electron chi connectivity index (χ0n) is 6.82. The van der Waals surface area contributed by atoms with Crippen molar-refractivity contribution in [1.29, 1.82) is 0 Å². The van der Waals surface area contributed by atoms with Gasteiger partial charge in [-0.25, -0.2) is 4.79 Å². The number of rotatable bonds is 1. The Hall–Kier alpha value is -1.58. The Balaban J connectivity index is 2.23. The highest BCUT2D eigenvalue weighted by atomic mass is 16.5. The number of carboxylic acids is 1. The van der Waals surface area contributed by atoms with Gasteiger partial charge in [0, 0.05) is 18.4 Å². The summed E-state index contributed by atoms with van der Waals surface area (Å²) in [6.07, 6.45) is 3.23. The Morgan fingerprint density at radius 1 is 1.62 bits per heavy atom. The maximum absolute atomic E-state index is 11.2. The molecule has 1 aliphatic heterocycles. The SMILES string of the molecule is O=C1CC=CC2=C1OC(C(=O)O)C2. The van der Waals surface area contributed by atoms with Crippen LogP contribution in [0, 0.1) is 0 Å². The second-order valence-corrected chi connectivity index (χ2v) is 3.03. The van der Waals surface area contributed by atoms with Crippen molar-refractivity contribution >= 4 is 11.8 Å². The van der Waals surface area contributed by atoms with Crippen molar-refractivity contribution in [3.05, 3.63) is 23.5 Å². The molecule has 1 unspecified atom stereocenters. The minimum Gasteiger partial charge on any atom is -0.478 e. The number of Topliss-reactive ketones (excluding diaryl/α,β-unsaturated/α-hetero) is 1. The van der Waals surface area contributed by atoms with Crippen molar-refractivity contribution in [1.82, 2.24) is 0 Å². The summed E-state index contributed by atoms with van der Waals surface area (Å²) in [6.45, 7) is 0. The Kier molecular flexibility index (Phi) is 1.69. The number of carbonyl (C=O) groups excluding carboxylic acids is 1. The zero-order chi connectivity index (χ0) is 9.42. The van der Waals surface area contributed by atoms with E-state index in [9.17, 15) is 9.59 Å². The molecule has 0 fully saturated rings. The molecular formula is C9H8O4. The van der Waals surface area contributed by atoms with Crippen molar-refractivity contribution in [2.45, 2.75) is 18.9 Å². The molecule has 1 N–H and O–H groups in total. The number of carboxylic acid groups (broad SMARTS) is 1. The van der Waals surface area contributed by atoms with Gasteiger partial charge in [-0.2, -0.15) is 0 Å². The normalized spacial score (nSPS) is 25.8. The van der Waals surface area contributed by atoms with Crippen LogP contribution in [0.3, 0.4) is 0 Å². The van der Waals surface area contributed by atoms with Crippen molar-refractivity contribution in [3.8, 4) is 0 Å². The molecule has 4 nitrogen and oxygen atoms in total. The van der Waals surface area contributed by atoms with Gasteiger partial charge in [-0.05, 0) is 0 Å². The number of hydrogen-bond acceptors (Lipinski definition) is 3. The standard InChI is InChI=1S/C9H8O4/c10-6-3-1-2-5-4-7(9(11)12)13-8(5)6/h1-2,7H,3-4H2,(H,11,12). The second-order valence-electron chi connectivity index (χ2n) is 3.03. The number of aliphatic carboxylic acids is 1. The summed E-state index contributed by atoms with van der Waals surface area (Å²) in [6, 6.07) is 0. The highest BCUT2D eigenvalue weighted by molar-refractivity contribution is 5.98. The van der Waals surface area contributed by atoms with E-state index in [4.69, 9.17) is 9.84 Å². The van der Waals surface area contributed by atoms with Crippen molar-refractivity contribution in [3.63, 3.8) is 0 Å². The van der Waals surface area contributed by atoms with Crippen molar-refractivity contribution in [2.24, 2.45) is 0 Å². The van der Waals surface area contributed by atoms with E-state index in [0.29, 0.717) is 18.4 Å². The van der Waals surface area contributed by atoms with Crippen LogP contribution in [0.2, 0.25) is 0 Å². The molecule has 0 radical (unpaired) electrons. The van der Waals surface area contributed by atoms with Crippen LogP contribution in [0.15, 0.2) is 23.5 Å². The molecule has 0 saturated carbocycles. The average Bonchev–Trinajstić information content (AvgIpc) is 2.49. The van der Waals surface area contributed by atoms with E-state index in [1.54, 1.807) is 12.2 Å². The van der Waals surface area contributed by atoms with Gasteiger partial charge in [0.05, 0.1) is 0 Å². The van der Waals surface area contributed by atoms with E-state index < -0.39 is 12.1 Å². The number of hydrogen-bond donors (Lipinski definition) is 1. The van der Waals surface area contributed by atoms with E-state index in [0.717, 1.165) is 0 Å². The summed E-state index contributed by atoms with van der Waals surface area (Å²) < 4.78 is 5.02. The molecule has 1 atom stereocenters. The van der Waals surface area contributed by atoms with E-state index in [1.807, 2.05) is 0 Å². The molecule has 0 saturated heterocycles. The third kappa shape index (κ3) is 1.24. The molecule has 68 valence electrons. The van der Waals surface area contributed by atoms with Gasteiger partial charge in [0.15, 0.2) is 11.9 Å². The number of ketones is 1. The van der Waals surface area contributed by atoms with Gasteiger partial charge in [-0.15, -0.1) is 0 Å². The van der Waals surface area contributed by atoms with Crippen LogP contribution in [0.4, 0.5) is 0 Å². The van der Waals surface area contributed by atoms with E-state index in [-0.39, 0.29) is 11.5 Å². The molecule has 0 aromatic rings. The highest BCUT2D eigenvalue weighted by Gasteiger charge is 2.34. The molecule has 2 rings (SSSR count). The lowest BCUT2D eigenvalue weighted by Crippen LogP contribution is -2.20. The van der Waals surface area contributed by atoms with E-state index in [1.165, 1.54) is 0 Å². The van der Waals surface area contributed by atoms with Gasteiger partial charge in [0.2, 0.25) is 5.78 Å². The van der Waals surface area contributed by atoms with Gasteiger partial charge in [-0.1, -0.05) is 12.2 Å². The van der Waals surface area contributed by atoms with Gasteiger partial charge < -0.3 is 9.84 Å². The lowest BCUT2D eigenvalue weighted by atomic mass is 10.0. The Labute approximate surface area is 74.5 Å². The number of carbonyl (C=O) groups is 2. The van der Waals surface area contributed by atoms with Gasteiger partial charge in [0.25, 0.3) is 0 Å². The fraction of sp³-hybridized carbons (Fsp3) is 0.333. The molecule has 0 amide bonds. The maximum atomic E-state index is 11.2. The predicted molar refractivity (Wildman–Crippen MR) is 42.9 cm³/mol. The highest BCUT2D eigenvalue weighted by Crippen LogP contribution is 2.30. The Morgan fingerprint density at radius 3 is 3.00 bits per heavy atom. The summed E-state index contributed by atoms with van der Waals surface area (Å²) >= 11 is 0. The monoisotopic (exact) mass is 180 g/mol. The van der Waals surface area contributed by atoms with Crippen LogP contribution in [-0.4, -0.2) is 23.0 Å². The first-order chi connectivity index (χ1) is 6.18. The molecule has 0 spiro atoms. The maximum Gasteiger partial charge on any atom is 0.345 e. The third-order valence-electron chi connectivity index (χ3n) is 2.11. The van der Waals surface area contributed by atoms with Crippen LogP contribution in [0.1, 0.15) is 12.8 Å². The zero-order valence-corrected chi connectivity index (χ0v) is 6.82. The van der Waals surface area contributed by atoms with E-state index >= 15 is 0 Å². The van der Waals surface area contributed by atoms with Crippen LogP contribution in [-0.2, 0) is 14.3 Å². The first-order valence-electron chi connectivity index (χ1n) is 4.01. The van der Waals surface area contributed by atoms with Crippen LogP contribution < -0.4 is 0 Å². The topological polar surface area (TPSA) is 63.6 Å². The third-order valence-corrected chi connectivity index (χ3v) is 2.11. The minimum absolute atomic E-state index is 0.124. The van der Waals surface area contributed by atoms with Crippen molar-refractivity contribution in [2.75, 3.05) is 0 Å². The first-order valence-corrected chi connectivity index (χ1v) is 4.01. The molecule has 13 heavy (non-hydrogen) atoms. The molecule has 0 aromatic heterocycles. The molecular weight excluding hydrogens is 172 g/mol. The molecule has 2 aliphatic rings. The lowest BCUT2D eigenvalue weighted by Gasteiger charge is -2.07. The lowest BCUT2D eigenvalue weighted by molar-refractivity contribution is -0.147. The molecule has 1 heterocycles. The largest absolute Gasteiger partial charge is 0.478 e. The second kappa shape index (κ2) is 2.73.